The highest BCUT2D eigenvalue weighted by Gasteiger charge is 1.83. The molecule has 0 fully saturated rings. The van der Waals surface area contributed by atoms with E-state index in [4.69, 9.17) is 0 Å². The molecule has 0 radical (unpaired) electrons. The minimum absolute atomic E-state index is 1.16. The number of unbranched alkanes of at least 4 members (excludes halogenated alkanes) is 1. The van der Waals surface area contributed by atoms with Gasteiger partial charge in [0, 0.05) is 4.91 Å². The summed E-state index contributed by atoms with van der Waals surface area (Å²) in [4.78, 5) is 1.27. The van der Waals surface area contributed by atoms with Crippen LogP contribution in [0.1, 0.15) is 19.8 Å². The topological polar surface area (TPSA) is 0 Å². The van der Waals surface area contributed by atoms with E-state index in [0.29, 0.717) is 0 Å². The van der Waals surface area contributed by atoms with E-state index < -0.39 is 0 Å². The Balaban J connectivity index is 3.86. The van der Waals surface area contributed by atoms with Crippen LogP contribution in [0.5, 0.6) is 0 Å². The zero-order valence-electron chi connectivity index (χ0n) is 7.34. The van der Waals surface area contributed by atoms with Gasteiger partial charge in [0.2, 0.25) is 0 Å². The van der Waals surface area contributed by atoms with Crippen LogP contribution in [0.4, 0.5) is 0 Å². The third-order valence-electron chi connectivity index (χ3n) is 1.26. The molecule has 0 atom stereocenters. The van der Waals surface area contributed by atoms with E-state index in [0.717, 1.165) is 6.42 Å². The van der Waals surface area contributed by atoms with Crippen molar-refractivity contribution in [2.45, 2.75) is 19.8 Å². The van der Waals surface area contributed by atoms with Gasteiger partial charge in [0.25, 0.3) is 0 Å². The molecule has 0 rings (SSSR count). The molecule has 0 saturated carbocycles. The predicted octanol–water partition coefficient (Wildman–Crippen LogP) is 3.78. The van der Waals surface area contributed by atoms with Gasteiger partial charge in [0.05, 0.1) is 0 Å². The molecule has 0 saturated heterocycles. The molecule has 0 amide bonds. The second kappa shape index (κ2) is 7.67. The molecule has 0 heterocycles. The maximum Gasteiger partial charge on any atom is 0.00657 e. The van der Waals surface area contributed by atoms with Crippen molar-refractivity contribution in [1.29, 1.82) is 0 Å². The minimum atomic E-state index is 1.16. The van der Waals surface area contributed by atoms with Gasteiger partial charge in [0.15, 0.2) is 0 Å². The molecule has 0 aromatic carbocycles. The fraction of sp³-hybridized carbons (Fsp3) is 0.400. The Morgan fingerprint density at radius 3 is 2.73 bits per heavy atom. The third kappa shape index (κ3) is 5.99. The minimum Gasteiger partial charge on any atom is -0.130 e. The van der Waals surface area contributed by atoms with E-state index in [1.165, 1.54) is 11.3 Å². The number of rotatable bonds is 5. The Bertz CT molecular complexity index is 154. The van der Waals surface area contributed by atoms with E-state index in [9.17, 15) is 0 Å². The zero-order valence-corrected chi connectivity index (χ0v) is 8.16. The molecular weight excluding hydrogens is 152 g/mol. The number of allylic oxidation sites excluding steroid dienone is 4. The monoisotopic (exact) mass is 168 g/mol. The maximum atomic E-state index is 3.65. The van der Waals surface area contributed by atoms with Crippen molar-refractivity contribution in [3.05, 3.63) is 35.8 Å². The summed E-state index contributed by atoms with van der Waals surface area (Å²) in [6, 6.07) is 0. The SMILES string of the molecule is C=C/C=C(/C=C/CCC)SC. The molecule has 62 valence electrons. The first kappa shape index (κ1) is 10.6. The van der Waals surface area contributed by atoms with Crippen LogP contribution in [0.2, 0.25) is 0 Å². The highest BCUT2D eigenvalue weighted by molar-refractivity contribution is 8.02. The first-order valence-corrected chi connectivity index (χ1v) is 5.10. The third-order valence-corrected chi connectivity index (χ3v) is 2.00. The van der Waals surface area contributed by atoms with Crippen LogP contribution in [0.25, 0.3) is 0 Å². The van der Waals surface area contributed by atoms with Gasteiger partial charge < -0.3 is 0 Å². The van der Waals surface area contributed by atoms with Crippen LogP contribution >= 0.6 is 11.8 Å². The lowest BCUT2D eigenvalue weighted by molar-refractivity contribution is 0.958. The van der Waals surface area contributed by atoms with Crippen molar-refractivity contribution in [2.75, 3.05) is 6.26 Å². The van der Waals surface area contributed by atoms with Crippen LogP contribution in [-0.2, 0) is 0 Å². The van der Waals surface area contributed by atoms with Crippen LogP contribution in [-0.4, -0.2) is 6.26 Å². The Hall–Kier alpha value is -0.430. The summed E-state index contributed by atoms with van der Waals surface area (Å²) >= 11 is 1.75. The smallest absolute Gasteiger partial charge is 0.00657 e. The molecule has 0 unspecified atom stereocenters. The fourth-order valence-electron chi connectivity index (χ4n) is 0.674. The molecule has 1 heteroatoms. The van der Waals surface area contributed by atoms with Gasteiger partial charge in [-0.25, -0.2) is 0 Å². The van der Waals surface area contributed by atoms with E-state index in [-0.39, 0.29) is 0 Å². The van der Waals surface area contributed by atoms with Gasteiger partial charge in [-0.3, -0.25) is 0 Å². The number of hydrogen-bond donors (Lipinski definition) is 0. The van der Waals surface area contributed by atoms with Crippen LogP contribution in [0, 0.1) is 0 Å². The molecule has 0 aromatic heterocycles. The van der Waals surface area contributed by atoms with Gasteiger partial charge in [0.1, 0.15) is 0 Å². The second-order valence-corrected chi connectivity index (χ2v) is 3.08. The van der Waals surface area contributed by atoms with Gasteiger partial charge in [-0.05, 0) is 18.8 Å². The Labute approximate surface area is 74.1 Å². The summed E-state index contributed by atoms with van der Waals surface area (Å²) in [6.07, 6.45) is 12.6. The van der Waals surface area contributed by atoms with Crippen LogP contribution in [0.3, 0.4) is 0 Å². The predicted molar refractivity (Wildman–Crippen MR) is 55.8 cm³/mol. The first-order valence-electron chi connectivity index (χ1n) is 3.88. The normalized spacial score (nSPS) is 12.4. The Morgan fingerprint density at radius 2 is 2.27 bits per heavy atom. The van der Waals surface area contributed by atoms with Gasteiger partial charge in [-0.15, -0.1) is 11.8 Å². The van der Waals surface area contributed by atoms with Gasteiger partial charge >= 0.3 is 0 Å². The summed E-state index contributed by atoms with van der Waals surface area (Å²) in [5, 5.41) is 0. The van der Waals surface area contributed by atoms with Crippen molar-refractivity contribution in [1.82, 2.24) is 0 Å². The maximum absolute atomic E-state index is 3.65. The number of thioether (sulfide) groups is 1. The average molecular weight is 168 g/mol. The standard InChI is InChI=1S/C10H16S/c1-4-6-7-9-10(11-3)8-5-2/h5,7-9H,2,4,6H2,1,3H3/b9-7+,10-8-. The van der Waals surface area contributed by atoms with Crippen molar-refractivity contribution >= 4 is 11.8 Å². The largest absolute Gasteiger partial charge is 0.130 e. The Morgan fingerprint density at radius 1 is 1.55 bits per heavy atom. The first-order chi connectivity index (χ1) is 5.35. The quantitative estimate of drug-likeness (QED) is 0.563. The van der Waals surface area contributed by atoms with Crippen LogP contribution in [0.15, 0.2) is 35.8 Å². The summed E-state index contributed by atoms with van der Waals surface area (Å²) in [5.74, 6) is 0. The van der Waals surface area contributed by atoms with Crippen molar-refractivity contribution < 1.29 is 0 Å². The fourth-order valence-corrected chi connectivity index (χ4v) is 1.14. The molecule has 11 heavy (non-hydrogen) atoms. The highest BCUT2D eigenvalue weighted by atomic mass is 32.2. The van der Waals surface area contributed by atoms with E-state index in [1.54, 1.807) is 11.8 Å². The molecule has 0 bridgehead atoms. The zero-order chi connectivity index (χ0) is 8.53. The lowest BCUT2D eigenvalue weighted by Gasteiger charge is -1.92. The van der Waals surface area contributed by atoms with Gasteiger partial charge in [-0.1, -0.05) is 38.2 Å². The average Bonchev–Trinajstić information content (AvgIpc) is 2.03. The van der Waals surface area contributed by atoms with Crippen molar-refractivity contribution in [3.8, 4) is 0 Å². The molecular formula is C10H16S. The van der Waals surface area contributed by atoms with Gasteiger partial charge in [-0.2, -0.15) is 0 Å². The molecule has 0 spiro atoms. The molecule has 0 aliphatic rings. The number of hydrogen-bond acceptors (Lipinski definition) is 1. The van der Waals surface area contributed by atoms with E-state index in [1.807, 2.05) is 12.2 Å². The molecule has 0 aliphatic carbocycles. The van der Waals surface area contributed by atoms with E-state index >= 15 is 0 Å². The summed E-state index contributed by atoms with van der Waals surface area (Å²) < 4.78 is 0. The molecule has 0 aromatic rings. The summed E-state index contributed by atoms with van der Waals surface area (Å²) in [5.41, 5.74) is 0. The van der Waals surface area contributed by atoms with Crippen LogP contribution < -0.4 is 0 Å². The Kier molecular flexibility index (Phi) is 7.37. The van der Waals surface area contributed by atoms with E-state index in [2.05, 4.69) is 31.9 Å². The lowest BCUT2D eigenvalue weighted by atomic mass is 10.3. The molecule has 0 nitrogen and oxygen atoms in total. The van der Waals surface area contributed by atoms with Crippen molar-refractivity contribution in [2.24, 2.45) is 0 Å². The highest BCUT2D eigenvalue weighted by Crippen LogP contribution is 2.13. The summed E-state index contributed by atoms with van der Waals surface area (Å²) in [6.45, 7) is 5.83. The summed E-state index contributed by atoms with van der Waals surface area (Å²) in [7, 11) is 0. The lowest BCUT2D eigenvalue weighted by Crippen LogP contribution is -1.67. The second-order valence-electron chi connectivity index (χ2n) is 2.20. The molecule has 0 aliphatic heterocycles. The van der Waals surface area contributed by atoms with Crippen molar-refractivity contribution in [3.63, 3.8) is 0 Å². The molecule has 0 N–H and O–H groups in total.